The number of rotatable bonds is 3. The Hall–Kier alpha value is -0.410. The van der Waals surface area contributed by atoms with Gasteiger partial charge in [0.2, 0.25) is 0 Å². The van der Waals surface area contributed by atoms with Crippen LogP contribution in [0.5, 0.6) is 0 Å². The molecule has 1 atom stereocenters. The van der Waals surface area contributed by atoms with Gasteiger partial charge in [-0.05, 0) is 24.5 Å². The van der Waals surface area contributed by atoms with Crippen molar-refractivity contribution < 1.29 is 9.13 Å². The first-order valence-electron chi connectivity index (χ1n) is 5.19. The van der Waals surface area contributed by atoms with Crippen molar-refractivity contribution in [3.8, 4) is 0 Å². The monoisotopic (exact) mass is 272 g/mol. The van der Waals surface area contributed by atoms with Crippen molar-refractivity contribution in [1.82, 2.24) is 0 Å². The van der Waals surface area contributed by atoms with E-state index in [0.717, 1.165) is 30.3 Å². The largest absolute Gasteiger partial charge is 0.374 e. The molecule has 1 heterocycles. The smallest absolute Gasteiger partial charge is 0.126 e. The molecule has 1 nitrogen and oxygen atoms in total. The van der Waals surface area contributed by atoms with Crippen LogP contribution in [0.25, 0.3) is 0 Å². The van der Waals surface area contributed by atoms with Crippen LogP contribution in [0, 0.1) is 5.82 Å². The molecule has 15 heavy (non-hydrogen) atoms. The van der Waals surface area contributed by atoms with Gasteiger partial charge in [-0.25, -0.2) is 4.39 Å². The second kappa shape index (κ2) is 4.62. The number of ether oxygens (including phenoxy) is 1. The molecule has 2 rings (SSSR count). The van der Waals surface area contributed by atoms with E-state index < -0.39 is 0 Å². The first kappa shape index (κ1) is 11.1. The fourth-order valence-corrected chi connectivity index (χ4v) is 2.68. The lowest BCUT2D eigenvalue weighted by atomic mass is 9.93. The zero-order chi connectivity index (χ0) is 10.7. The molecule has 1 unspecified atom stereocenters. The van der Waals surface area contributed by atoms with Crippen LogP contribution in [-0.4, -0.2) is 17.5 Å². The van der Waals surface area contributed by atoms with Crippen molar-refractivity contribution in [3.63, 3.8) is 0 Å². The Labute approximate surface area is 97.8 Å². The van der Waals surface area contributed by atoms with Gasteiger partial charge in [0, 0.05) is 18.4 Å². The molecule has 0 N–H and O–H groups in total. The summed E-state index contributed by atoms with van der Waals surface area (Å²) in [6, 6.07) is 6.93. The van der Waals surface area contributed by atoms with Gasteiger partial charge in [-0.2, -0.15) is 0 Å². The van der Waals surface area contributed by atoms with Crippen molar-refractivity contribution in [3.05, 3.63) is 35.6 Å². The van der Waals surface area contributed by atoms with E-state index in [4.69, 9.17) is 4.74 Å². The van der Waals surface area contributed by atoms with E-state index in [1.165, 1.54) is 6.07 Å². The molecule has 0 amide bonds. The molecule has 0 aliphatic carbocycles. The Balaban J connectivity index is 2.16. The van der Waals surface area contributed by atoms with Crippen molar-refractivity contribution >= 4 is 15.9 Å². The topological polar surface area (TPSA) is 9.23 Å². The van der Waals surface area contributed by atoms with Gasteiger partial charge in [0.05, 0.1) is 5.60 Å². The molecule has 1 aliphatic rings. The van der Waals surface area contributed by atoms with Gasteiger partial charge < -0.3 is 4.74 Å². The zero-order valence-corrected chi connectivity index (χ0v) is 10.1. The SMILES string of the molecule is Fc1ccccc1CC1(CBr)CCCO1. The summed E-state index contributed by atoms with van der Waals surface area (Å²) in [6.45, 7) is 0.792. The van der Waals surface area contributed by atoms with E-state index in [0.29, 0.717) is 6.42 Å². The third-order valence-electron chi connectivity index (χ3n) is 2.90. The Morgan fingerprint density at radius 1 is 1.40 bits per heavy atom. The fourth-order valence-electron chi connectivity index (χ4n) is 2.04. The van der Waals surface area contributed by atoms with Crippen LogP contribution in [0.4, 0.5) is 4.39 Å². The van der Waals surface area contributed by atoms with E-state index in [1.54, 1.807) is 6.07 Å². The quantitative estimate of drug-likeness (QED) is 0.768. The lowest BCUT2D eigenvalue weighted by Crippen LogP contribution is -2.32. The van der Waals surface area contributed by atoms with Crippen LogP contribution in [0.2, 0.25) is 0 Å². The van der Waals surface area contributed by atoms with Gasteiger partial charge >= 0.3 is 0 Å². The Morgan fingerprint density at radius 3 is 2.80 bits per heavy atom. The molecule has 1 saturated heterocycles. The van der Waals surface area contributed by atoms with E-state index in [2.05, 4.69) is 15.9 Å². The Morgan fingerprint density at radius 2 is 2.20 bits per heavy atom. The van der Waals surface area contributed by atoms with E-state index >= 15 is 0 Å². The number of alkyl halides is 1. The molecular weight excluding hydrogens is 259 g/mol. The average molecular weight is 273 g/mol. The van der Waals surface area contributed by atoms with Gasteiger partial charge in [-0.15, -0.1) is 0 Å². The highest BCUT2D eigenvalue weighted by atomic mass is 79.9. The fraction of sp³-hybridized carbons (Fsp3) is 0.500. The third kappa shape index (κ3) is 2.40. The van der Waals surface area contributed by atoms with Crippen molar-refractivity contribution in [1.29, 1.82) is 0 Å². The van der Waals surface area contributed by atoms with Gasteiger partial charge in [0.1, 0.15) is 5.82 Å². The molecule has 0 spiro atoms. The minimum Gasteiger partial charge on any atom is -0.374 e. The minimum absolute atomic E-state index is 0.131. The summed E-state index contributed by atoms with van der Waals surface area (Å²) in [6.07, 6.45) is 2.73. The predicted octanol–water partition coefficient (Wildman–Crippen LogP) is 3.31. The van der Waals surface area contributed by atoms with Crippen LogP contribution in [0.3, 0.4) is 0 Å². The minimum atomic E-state index is -0.192. The second-order valence-corrected chi connectivity index (χ2v) is 4.60. The number of benzene rings is 1. The van der Waals surface area contributed by atoms with Gasteiger partial charge in [-0.3, -0.25) is 0 Å². The van der Waals surface area contributed by atoms with Crippen molar-refractivity contribution in [2.45, 2.75) is 24.9 Å². The van der Waals surface area contributed by atoms with Crippen LogP contribution < -0.4 is 0 Å². The van der Waals surface area contributed by atoms with Crippen LogP contribution in [0.1, 0.15) is 18.4 Å². The van der Waals surface area contributed by atoms with E-state index in [-0.39, 0.29) is 11.4 Å². The van der Waals surface area contributed by atoms with E-state index in [1.807, 2.05) is 12.1 Å². The van der Waals surface area contributed by atoms with Gasteiger partial charge in [0.25, 0.3) is 0 Å². The molecule has 1 fully saturated rings. The number of hydrogen-bond acceptors (Lipinski definition) is 1. The Kier molecular flexibility index (Phi) is 3.42. The maximum Gasteiger partial charge on any atom is 0.126 e. The van der Waals surface area contributed by atoms with Crippen LogP contribution in [0.15, 0.2) is 24.3 Å². The summed E-state index contributed by atoms with van der Waals surface area (Å²) in [5.41, 5.74) is 0.557. The number of hydrogen-bond donors (Lipinski definition) is 0. The normalized spacial score (nSPS) is 25.7. The first-order valence-corrected chi connectivity index (χ1v) is 6.31. The summed E-state index contributed by atoms with van der Waals surface area (Å²) < 4.78 is 19.2. The average Bonchev–Trinajstić information content (AvgIpc) is 2.71. The van der Waals surface area contributed by atoms with Gasteiger partial charge in [0.15, 0.2) is 0 Å². The molecule has 0 radical (unpaired) electrons. The molecule has 3 heteroatoms. The molecule has 1 aromatic carbocycles. The molecule has 1 aromatic rings. The lowest BCUT2D eigenvalue weighted by Gasteiger charge is -2.26. The summed E-state index contributed by atoms with van der Waals surface area (Å²) in [5.74, 6) is -0.131. The second-order valence-electron chi connectivity index (χ2n) is 4.04. The molecule has 0 bridgehead atoms. The first-order chi connectivity index (χ1) is 7.26. The molecular formula is C12H14BrFO. The van der Waals surface area contributed by atoms with Gasteiger partial charge in [-0.1, -0.05) is 34.1 Å². The Bertz CT molecular complexity index is 334. The van der Waals surface area contributed by atoms with Crippen molar-refractivity contribution in [2.24, 2.45) is 0 Å². The van der Waals surface area contributed by atoms with E-state index in [9.17, 15) is 4.39 Å². The maximum atomic E-state index is 13.5. The van der Waals surface area contributed by atoms with Crippen LogP contribution in [-0.2, 0) is 11.2 Å². The summed E-state index contributed by atoms with van der Waals surface area (Å²) in [4.78, 5) is 0. The standard InChI is InChI=1S/C12H14BrFO/c13-9-12(6-3-7-15-12)8-10-4-1-2-5-11(10)14/h1-2,4-5H,3,6-9H2. The zero-order valence-electron chi connectivity index (χ0n) is 8.51. The van der Waals surface area contributed by atoms with Crippen molar-refractivity contribution in [2.75, 3.05) is 11.9 Å². The summed E-state index contributed by atoms with van der Waals surface area (Å²) in [5, 5.41) is 0.772. The molecule has 0 aromatic heterocycles. The molecule has 1 aliphatic heterocycles. The predicted molar refractivity (Wildman–Crippen MR) is 61.8 cm³/mol. The highest BCUT2D eigenvalue weighted by molar-refractivity contribution is 9.09. The highest BCUT2D eigenvalue weighted by Gasteiger charge is 2.34. The summed E-state index contributed by atoms with van der Waals surface area (Å²) >= 11 is 3.47. The summed E-state index contributed by atoms with van der Waals surface area (Å²) in [7, 11) is 0. The maximum absolute atomic E-state index is 13.5. The molecule has 82 valence electrons. The van der Waals surface area contributed by atoms with Crippen LogP contribution >= 0.6 is 15.9 Å². The highest BCUT2D eigenvalue weighted by Crippen LogP contribution is 2.31. The third-order valence-corrected chi connectivity index (χ3v) is 3.92. The lowest BCUT2D eigenvalue weighted by molar-refractivity contribution is 0.0253. The number of halogens is 2. The molecule has 0 saturated carbocycles.